The molecule has 9 heteroatoms. The zero-order valence-electron chi connectivity index (χ0n) is 11.0. The Kier molecular flexibility index (Phi) is 6.14. The van der Waals surface area contributed by atoms with Crippen molar-refractivity contribution in [2.45, 2.75) is 32.6 Å². The third-order valence-corrected chi connectivity index (χ3v) is 2.24. The summed E-state index contributed by atoms with van der Waals surface area (Å²) in [6.07, 6.45) is 0.436. The van der Waals surface area contributed by atoms with E-state index in [0.29, 0.717) is 18.1 Å². The lowest BCUT2D eigenvalue weighted by Crippen LogP contribution is -2.40. The number of aliphatic carboxylic acids is 1. The second kappa shape index (κ2) is 7.87. The molecule has 9 nitrogen and oxygen atoms in total. The van der Waals surface area contributed by atoms with Gasteiger partial charge in [0.05, 0.1) is 0 Å². The highest BCUT2D eigenvalue weighted by atomic mass is 16.5. The van der Waals surface area contributed by atoms with E-state index in [1.807, 2.05) is 0 Å². The smallest absolute Gasteiger partial charge is 0.321 e. The first kappa shape index (κ1) is 15.6. The second-order valence-corrected chi connectivity index (χ2v) is 4.04. The van der Waals surface area contributed by atoms with Crippen LogP contribution in [0.15, 0.2) is 4.52 Å². The van der Waals surface area contributed by atoms with Crippen LogP contribution >= 0.6 is 0 Å². The van der Waals surface area contributed by atoms with Crippen LogP contribution in [0.25, 0.3) is 0 Å². The number of aryl methyl sites for hydroxylation is 1. The normalized spacial score (nSPS) is 10.1. The molecular weight excluding hydrogens is 268 g/mol. The number of nitrogens with one attached hydrogen (secondary N) is 2. The van der Waals surface area contributed by atoms with Gasteiger partial charge in [0.1, 0.15) is 0 Å². The average Bonchev–Trinajstić information content (AvgIpc) is 2.74. The number of nitrogens with zero attached hydrogens (tertiary/aromatic N) is 2. The van der Waals surface area contributed by atoms with Crippen LogP contribution in [-0.4, -0.2) is 39.7 Å². The predicted octanol–water partition coefficient (Wildman–Crippen LogP) is 0.00122. The summed E-state index contributed by atoms with van der Waals surface area (Å²) in [5, 5.41) is 16.5. The number of amides is 3. The lowest BCUT2D eigenvalue weighted by Gasteiger charge is -2.04. The van der Waals surface area contributed by atoms with E-state index < -0.39 is 17.9 Å². The molecular formula is C11H16N4O5. The molecule has 0 saturated heterocycles. The molecule has 1 rings (SSSR count). The minimum Gasteiger partial charge on any atom is -0.481 e. The van der Waals surface area contributed by atoms with Gasteiger partial charge in [-0.25, -0.2) is 4.79 Å². The summed E-state index contributed by atoms with van der Waals surface area (Å²) in [5.41, 5.74) is 0. The Labute approximate surface area is 114 Å². The van der Waals surface area contributed by atoms with E-state index in [1.54, 1.807) is 6.92 Å². The van der Waals surface area contributed by atoms with Gasteiger partial charge in [0, 0.05) is 25.8 Å². The van der Waals surface area contributed by atoms with Crippen LogP contribution < -0.4 is 10.6 Å². The molecule has 3 amide bonds. The molecule has 0 aliphatic heterocycles. The fourth-order valence-electron chi connectivity index (χ4n) is 1.36. The van der Waals surface area contributed by atoms with Gasteiger partial charge in [0.15, 0.2) is 5.82 Å². The number of urea groups is 1. The lowest BCUT2D eigenvalue weighted by atomic mass is 10.2. The molecule has 0 aromatic carbocycles. The van der Waals surface area contributed by atoms with Crippen molar-refractivity contribution in [2.24, 2.45) is 0 Å². The predicted molar refractivity (Wildman–Crippen MR) is 65.8 cm³/mol. The van der Waals surface area contributed by atoms with Crippen LogP contribution in [0.5, 0.6) is 0 Å². The molecule has 0 spiro atoms. The molecule has 1 aromatic heterocycles. The van der Waals surface area contributed by atoms with E-state index in [9.17, 15) is 14.4 Å². The Morgan fingerprint density at radius 2 is 2.05 bits per heavy atom. The maximum Gasteiger partial charge on any atom is 0.321 e. The van der Waals surface area contributed by atoms with Crippen molar-refractivity contribution in [2.75, 3.05) is 6.54 Å². The Hall–Kier alpha value is -2.45. The van der Waals surface area contributed by atoms with Crippen LogP contribution in [0.4, 0.5) is 4.79 Å². The minimum absolute atomic E-state index is 0.0113. The highest BCUT2D eigenvalue weighted by Crippen LogP contribution is 1.96. The van der Waals surface area contributed by atoms with Gasteiger partial charge < -0.3 is 14.9 Å². The summed E-state index contributed by atoms with van der Waals surface area (Å²) in [6.45, 7) is 1.93. The number of carboxylic acid groups (broad SMARTS) is 1. The van der Waals surface area contributed by atoms with Crippen LogP contribution in [0, 0.1) is 6.92 Å². The van der Waals surface area contributed by atoms with Crippen molar-refractivity contribution in [3.05, 3.63) is 11.7 Å². The first-order chi connectivity index (χ1) is 9.47. The van der Waals surface area contributed by atoms with Crippen molar-refractivity contribution in [3.8, 4) is 0 Å². The van der Waals surface area contributed by atoms with Crippen LogP contribution in [0.2, 0.25) is 0 Å². The molecule has 3 N–H and O–H groups in total. The number of rotatable bonds is 7. The molecule has 20 heavy (non-hydrogen) atoms. The topological polar surface area (TPSA) is 134 Å². The van der Waals surface area contributed by atoms with Gasteiger partial charge >= 0.3 is 12.0 Å². The number of carbonyl (C=O) groups is 3. The maximum atomic E-state index is 11.3. The summed E-state index contributed by atoms with van der Waals surface area (Å²) in [5.74, 6) is -0.580. The van der Waals surface area contributed by atoms with E-state index in [1.165, 1.54) is 0 Å². The fraction of sp³-hybridized carbons (Fsp3) is 0.545. The first-order valence-corrected chi connectivity index (χ1v) is 6.06. The van der Waals surface area contributed by atoms with Crippen LogP contribution in [0.3, 0.4) is 0 Å². The molecule has 0 fully saturated rings. The fourth-order valence-corrected chi connectivity index (χ4v) is 1.36. The Bertz CT molecular complexity index is 485. The number of imide groups is 1. The van der Waals surface area contributed by atoms with Gasteiger partial charge in [-0.2, -0.15) is 4.98 Å². The Morgan fingerprint density at radius 3 is 2.65 bits per heavy atom. The van der Waals surface area contributed by atoms with Crippen LogP contribution in [-0.2, 0) is 16.0 Å². The van der Waals surface area contributed by atoms with E-state index in [4.69, 9.17) is 9.63 Å². The molecule has 0 aliphatic carbocycles. The molecule has 0 aliphatic rings. The highest BCUT2D eigenvalue weighted by Gasteiger charge is 2.09. The Morgan fingerprint density at radius 1 is 1.30 bits per heavy atom. The third-order valence-electron chi connectivity index (χ3n) is 2.24. The maximum absolute atomic E-state index is 11.3. The molecule has 0 atom stereocenters. The summed E-state index contributed by atoms with van der Waals surface area (Å²) >= 11 is 0. The average molecular weight is 284 g/mol. The molecule has 1 aromatic rings. The van der Waals surface area contributed by atoms with Gasteiger partial charge in [-0.15, -0.1) is 0 Å². The SMILES string of the molecule is Cc1noc(CCNC(=O)NC(=O)CCCC(=O)O)n1. The van der Waals surface area contributed by atoms with E-state index >= 15 is 0 Å². The molecule has 0 unspecified atom stereocenters. The van der Waals surface area contributed by atoms with Crippen molar-refractivity contribution >= 4 is 17.9 Å². The molecule has 0 bridgehead atoms. The third kappa shape index (κ3) is 6.47. The van der Waals surface area contributed by atoms with Crippen molar-refractivity contribution in [1.82, 2.24) is 20.8 Å². The number of carboxylic acids is 1. The molecule has 110 valence electrons. The van der Waals surface area contributed by atoms with Gasteiger partial charge in [0.2, 0.25) is 11.8 Å². The van der Waals surface area contributed by atoms with E-state index in [0.717, 1.165) is 0 Å². The zero-order valence-corrected chi connectivity index (χ0v) is 11.0. The second-order valence-electron chi connectivity index (χ2n) is 4.04. The quantitative estimate of drug-likeness (QED) is 0.641. The van der Waals surface area contributed by atoms with Gasteiger partial charge in [-0.05, 0) is 13.3 Å². The Balaban J connectivity index is 2.13. The minimum atomic E-state index is -0.975. The number of hydrogen-bond acceptors (Lipinski definition) is 6. The van der Waals surface area contributed by atoms with Crippen molar-refractivity contribution in [1.29, 1.82) is 0 Å². The monoisotopic (exact) mass is 284 g/mol. The van der Waals surface area contributed by atoms with Gasteiger partial charge in [-0.1, -0.05) is 5.16 Å². The van der Waals surface area contributed by atoms with Crippen molar-refractivity contribution < 1.29 is 24.0 Å². The summed E-state index contributed by atoms with van der Waals surface area (Å²) in [7, 11) is 0. The molecule has 1 heterocycles. The summed E-state index contributed by atoms with van der Waals surface area (Å²) in [4.78, 5) is 36.8. The summed E-state index contributed by atoms with van der Waals surface area (Å²) < 4.78 is 4.85. The van der Waals surface area contributed by atoms with Gasteiger partial charge in [0.25, 0.3) is 0 Å². The first-order valence-electron chi connectivity index (χ1n) is 6.06. The summed E-state index contributed by atoms with van der Waals surface area (Å²) in [6, 6.07) is -0.637. The zero-order chi connectivity index (χ0) is 15.0. The molecule has 0 saturated carbocycles. The standard InChI is InChI=1S/C11H16N4O5/c1-7-13-9(20-15-7)5-6-12-11(19)14-8(16)3-2-4-10(17)18/h2-6H2,1H3,(H,17,18)(H2,12,14,16,19). The lowest BCUT2D eigenvalue weighted by molar-refractivity contribution is -0.137. The number of carbonyl (C=O) groups excluding carboxylic acids is 2. The number of aromatic nitrogens is 2. The van der Waals surface area contributed by atoms with Crippen molar-refractivity contribution in [3.63, 3.8) is 0 Å². The van der Waals surface area contributed by atoms with E-state index in [2.05, 4.69) is 20.8 Å². The number of hydrogen-bond donors (Lipinski definition) is 3. The largest absolute Gasteiger partial charge is 0.481 e. The van der Waals surface area contributed by atoms with E-state index in [-0.39, 0.29) is 25.8 Å². The molecule has 0 radical (unpaired) electrons. The van der Waals surface area contributed by atoms with Crippen LogP contribution in [0.1, 0.15) is 31.0 Å². The highest BCUT2D eigenvalue weighted by molar-refractivity contribution is 5.94. The van der Waals surface area contributed by atoms with Gasteiger partial charge in [-0.3, -0.25) is 14.9 Å².